The molecule has 1 atom stereocenters. The predicted molar refractivity (Wildman–Crippen MR) is 112 cm³/mol. The molecule has 2 saturated heterocycles. The van der Waals surface area contributed by atoms with Crippen molar-refractivity contribution < 1.29 is 14.4 Å². The average molecular weight is 406 g/mol. The molecule has 0 radical (unpaired) electrons. The highest BCUT2D eigenvalue weighted by Crippen LogP contribution is 2.30. The number of piperidine rings is 1. The first-order chi connectivity index (χ1) is 14.4. The Morgan fingerprint density at radius 2 is 1.87 bits per heavy atom. The summed E-state index contributed by atoms with van der Waals surface area (Å²) in [6, 6.07) is 11.2. The number of carbonyl (C=O) groups excluding carboxylic acids is 3. The van der Waals surface area contributed by atoms with Gasteiger partial charge >= 0.3 is 0 Å². The van der Waals surface area contributed by atoms with Crippen LogP contribution >= 0.6 is 0 Å². The summed E-state index contributed by atoms with van der Waals surface area (Å²) >= 11 is 0. The van der Waals surface area contributed by atoms with Crippen LogP contribution < -0.4 is 5.73 Å². The van der Waals surface area contributed by atoms with E-state index in [0.717, 1.165) is 29.7 Å². The minimum atomic E-state index is -0.448. The maximum absolute atomic E-state index is 12.7. The average Bonchev–Trinajstić information content (AvgIpc) is 3.12. The number of pyridine rings is 1. The van der Waals surface area contributed by atoms with Crippen LogP contribution in [-0.2, 0) is 9.59 Å². The van der Waals surface area contributed by atoms with E-state index in [1.807, 2.05) is 35.4 Å². The monoisotopic (exact) mass is 406 g/mol. The van der Waals surface area contributed by atoms with E-state index in [1.165, 1.54) is 0 Å². The van der Waals surface area contributed by atoms with Crippen LogP contribution in [0.2, 0.25) is 0 Å². The number of benzene rings is 1. The van der Waals surface area contributed by atoms with E-state index >= 15 is 0 Å². The number of carbonyl (C=O) groups is 3. The SMILES string of the molecule is CN1C[C@H](C(=O)N2CCC(c3ccc(-c4cccc(C(N)=O)c4)cn3)CC2)CC1=O. The molecule has 2 N–H and O–H groups in total. The van der Waals surface area contributed by atoms with Crippen LogP contribution in [0.3, 0.4) is 0 Å². The van der Waals surface area contributed by atoms with Crippen LogP contribution in [0.4, 0.5) is 0 Å². The van der Waals surface area contributed by atoms with Gasteiger partial charge in [-0.25, -0.2) is 0 Å². The number of rotatable bonds is 4. The second-order valence-electron chi connectivity index (χ2n) is 8.19. The van der Waals surface area contributed by atoms with Crippen molar-refractivity contribution in [2.24, 2.45) is 11.7 Å². The zero-order chi connectivity index (χ0) is 21.3. The van der Waals surface area contributed by atoms with Gasteiger partial charge in [0.05, 0.1) is 5.92 Å². The van der Waals surface area contributed by atoms with Crippen molar-refractivity contribution in [1.29, 1.82) is 0 Å². The van der Waals surface area contributed by atoms with Gasteiger partial charge in [0, 0.05) is 62.0 Å². The Bertz CT molecular complexity index is 965. The molecule has 7 nitrogen and oxygen atoms in total. The number of hydrogen-bond acceptors (Lipinski definition) is 4. The van der Waals surface area contributed by atoms with Gasteiger partial charge < -0.3 is 15.5 Å². The molecule has 2 aliphatic rings. The lowest BCUT2D eigenvalue weighted by Crippen LogP contribution is -2.42. The molecule has 0 bridgehead atoms. The summed E-state index contributed by atoms with van der Waals surface area (Å²) in [7, 11) is 1.75. The van der Waals surface area contributed by atoms with Gasteiger partial charge in [-0.15, -0.1) is 0 Å². The molecule has 0 aliphatic carbocycles. The quantitative estimate of drug-likeness (QED) is 0.840. The molecule has 7 heteroatoms. The van der Waals surface area contributed by atoms with Crippen molar-refractivity contribution in [1.82, 2.24) is 14.8 Å². The number of likely N-dealkylation sites (tertiary alicyclic amines) is 2. The van der Waals surface area contributed by atoms with E-state index in [-0.39, 0.29) is 17.7 Å². The smallest absolute Gasteiger partial charge is 0.248 e. The second-order valence-corrected chi connectivity index (χ2v) is 8.19. The lowest BCUT2D eigenvalue weighted by Gasteiger charge is -2.33. The van der Waals surface area contributed by atoms with Gasteiger partial charge in [-0.05, 0) is 36.6 Å². The first-order valence-corrected chi connectivity index (χ1v) is 10.3. The van der Waals surface area contributed by atoms with Crippen LogP contribution in [0.5, 0.6) is 0 Å². The minimum absolute atomic E-state index is 0.0499. The van der Waals surface area contributed by atoms with Gasteiger partial charge in [0.1, 0.15) is 0 Å². The molecule has 2 fully saturated rings. The van der Waals surface area contributed by atoms with Crippen molar-refractivity contribution in [2.45, 2.75) is 25.2 Å². The van der Waals surface area contributed by atoms with Crippen LogP contribution in [0.25, 0.3) is 11.1 Å². The number of nitrogens with two attached hydrogens (primary N) is 1. The molecule has 1 aromatic heterocycles. The third-order valence-corrected chi connectivity index (χ3v) is 6.18. The number of aromatic nitrogens is 1. The maximum atomic E-state index is 12.7. The number of hydrogen-bond donors (Lipinski definition) is 1. The zero-order valence-corrected chi connectivity index (χ0v) is 17.1. The van der Waals surface area contributed by atoms with Crippen molar-refractivity contribution in [3.63, 3.8) is 0 Å². The fourth-order valence-corrected chi connectivity index (χ4v) is 4.35. The molecule has 2 aliphatic heterocycles. The molecule has 0 saturated carbocycles. The highest BCUT2D eigenvalue weighted by Gasteiger charge is 2.36. The minimum Gasteiger partial charge on any atom is -0.366 e. The van der Waals surface area contributed by atoms with Gasteiger partial charge in [0.25, 0.3) is 0 Å². The normalized spacial score (nSPS) is 19.9. The Morgan fingerprint density at radius 1 is 1.10 bits per heavy atom. The third-order valence-electron chi connectivity index (χ3n) is 6.18. The Morgan fingerprint density at radius 3 is 2.47 bits per heavy atom. The molecule has 3 heterocycles. The Kier molecular flexibility index (Phi) is 5.53. The fourth-order valence-electron chi connectivity index (χ4n) is 4.35. The van der Waals surface area contributed by atoms with E-state index in [4.69, 9.17) is 5.73 Å². The summed E-state index contributed by atoms with van der Waals surface area (Å²) in [4.78, 5) is 44.0. The molecular formula is C23H26N4O3. The molecule has 156 valence electrons. The number of primary amides is 1. The Hall–Kier alpha value is -3.22. The summed E-state index contributed by atoms with van der Waals surface area (Å²) in [6.45, 7) is 1.92. The van der Waals surface area contributed by atoms with Gasteiger partial charge in [0.15, 0.2) is 0 Å². The first kappa shape index (κ1) is 20.1. The molecular weight excluding hydrogens is 380 g/mol. The van der Waals surface area contributed by atoms with Crippen LogP contribution in [-0.4, -0.2) is 59.2 Å². The van der Waals surface area contributed by atoms with Crippen LogP contribution in [0.1, 0.15) is 41.2 Å². The highest BCUT2D eigenvalue weighted by atomic mass is 16.2. The lowest BCUT2D eigenvalue weighted by molar-refractivity contribution is -0.136. The summed E-state index contributed by atoms with van der Waals surface area (Å²) < 4.78 is 0. The third kappa shape index (κ3) is 4.06. The van der Waals surface area contributed by atoms with Crippen molar-refractivity contribution in [3.05, 3.63) is 53.9 Å². The van der Waals surface area contributed by atoms with Crippen LogP contribution in [0, 0.1) is 5.92 Å². The summed E-state index contributed by atoms with van der Waals surface area (Å²) in [5.41, 5.74) is 8.70. The predicted octanol–water partition coefficient (Wildman–Crippen LogP) is 2.03. The van der Waals surface area contributed by atoms with Crippen molar-refractivity contribution >= 4 is 17.7 Å². The first-order valence-electron chi connectivity index (χ1n) is 10.3. The Balaban J connectivity index is 1.37. The molecule has 1 aromatic carbocycles. The summed E-state index contributed by atoms with van der Waals surface area (Å²) in [5, 5.41) is 0. The Labute approximate surface area is 175 Å². The van der Waals surface area contributed by atoms with Gasteiger partial charge in [-0.2, -0.15) is 0 Å². The van der Waals surface area contributed by atoms with Crippen molar-refractivity contribution in [2.75, 3.05) is 26.7 Å². The van der Waals surface area contributed by atoms with E-state index in [9.17, 15) is 14.4 Å². The summed E-state index contributed by atoms with van der Waals surface area (Å²) in [6.07, 6.45) is 3.89. The molecule has 3 amide bonds. The molecule has 4 rings (SSSR count). The van der Waals surface area contributed by atoms with E-state index in [1.54, 1.807) is 24.1 Å². The fraction of sp³-hybridized carbons (Fsp3) is 0.391. The number of amides is 3. The molecule has 0 unspecified atom stereocenters. The van der Waals surface area contributed by atoms with Crippen LogP contribution in [0.15, 0.2) is 42.6 Å². The topological polar surface area (TPSA) is 96.6 Å². The maximum Gasteiger partial charge on any atom is 0.248 e. The van der Waals surface area contributed by atoms with Crippen molar-refractivity contribution in [3.8, 4) is 11.1 Å². The largest absolute Gasteiger partial charge is 0.366 e. The zero-order valence-electron chi connectivity index (χ0n) is 17.1. The lowest BCUT2D eigenvalue weighted by atomic mass is 9.91. The van der Waals surface area contributed by atoms with E-state index in [2.05, 4.69) is 4.98 Å². The molecule has 0 spiro atoms. The number of nitrogens with zero attached hydrogens (tertiary/aromatic N) is 3. The van der Waals surface area contributed by atoms with Gasteiger partial charge in [-0.3, -0.25) is 19.4 Å². The summed E-state index contributed by atoms with van der Waals surface area (Å²) in [5.74, 6) is -0.186. The highest BCUT2D eigenvalue weighted by molar-refractivity contribution is 5.94. The molecule has 2 aromatic rings. The van der Waals surface area contributed by atoms with E-state index < -0.39 is 5.91 Å². The molecule has 30 heavy (non-hydrogen) atoms. The second kappa shape index (κ2) is 8.26. The standard InChI is InChI=1S/C23H26N4O3/c1-26-14-19(12-21(26)28)23(30)27-9-7-15(8-10-27)20-6-5-18(13-25-20)16-3-2-4-17(11-16)22(24)29/h2-6,11,13,15,19H,7-10,12,14H2,1H3,(H2,24,29)/t19-/m1/s1. The van der Waals surface area contributed by atoms with E-state index in [0.29, 0.717) is 37.5 Å². The van der Waals surface area contributed by atoms with Gasteiger partial charge in [0.2, 0.25) is 17.7 Å². The van der Waals surface area contributed by atoms with Gasteiger partial charge in [-0.1, -0.05) is 18.2 Å².